The zero-order valence-electron chi connectivity index (χ0n) is 17.8. The molecule has 0 radical (unpaired) electrons. The fourth-order valence-corrected chi connectivity index (χ4v) is 4.81. The average molecular weight is 467 g/mol. The van der Waals surface area contributed by atoms with E-state index >= 15 is 0 Å². The molecule has 0 unspecified atom stereocenters. The van der Waals surface area contributed by atoms with Gasteiger partial charge in [0.2, 0.25) is 5.91 Å². The molecule has 1 aromatic heterocycles. The van der Waals surface area contributed by atoms with E-state index in [9.17, 15) is 9.59 Å². The Hall–Kier alpha value is -3.03. The molecule has 0 spiro atoms. The minimum Gasteiger partial charge on any atom is -0.337 e. The van der Waals surface area contributed by atoms with E-state index in [0.29, 0.717) is 28.7 Å². The summed E-state index contributed by atoms with van der Waals surface area (Å²) in [4.78, 5) is 32.3. The number of likely N-dealkylation sites (N-methyl/N-ethyl adjacent to an activating group) is 1. The van der Waals surface area contributed by atoms with Crippen molar-refractivity contribution in [2.45, 2.75) is 20.4 Å². The monoisotopic (exact) mass is 466 g/mol. The van der Waals surface area contributed by atoms with Crippen molar-refractivity contribution in [1.29, 1.82) is 0 Å². The first-order valence-electron chi connectivity index (χ1n) is 10.4. The van der Waals surface area contributed by atoms with Gasteiger partial charge in [0.25, 0.3) is 5.91 Å². The lowest BCUT2D eigenvalue weighted by atomic mass is 10.1. The lowest BCUT2D eigenvalue weighted by Gasteiger charge is -2.11. The maximum Gasteiger partial charge on any atom is 0.266 e. The molecule has 0 bridgehead atoms. The number of anilines is 1. The third kappa shape index (κ3) is 4.59. The largest absolute Gasteiger partial charge is 0.337 e. The molecule has 2 amide bonds. The van der Waals surface area contributed by atoms with Gasteiger partial charge in [-0.05, 0) is 62.0 Å². The molecule has 32 heavy (non-hydrogen) atoms. The molecule has 0 atom stereocenters. The van der Waals surface area contributed by atoms with E-state index in [-0.39, 0.29) is 18.4 Å². The molecule has 3 aromatic rings. The van der Waals surface area contributed by atoms with E-state index < -0.39 is 0 Å². The standard InChI is InChI=1S/C24H23ClN4O2S/c1-3-26-24-29(4-2)23(31)21(32-24)13-16-14-28(20-8-6-5-7-19(16)20)15-22(30)27-18-11-9-17(25)10-12-18/h5-14H,3-4,15H2,1-2H3,(H,27,30)/b21-13+,26-24?. The number of thioether (sulfide) groups is 1. The summed E-state index contributed by atoms with van der Waals surface area (Å²) in [5, 5.41) is 5.22. The van der Waals surface area contributed by atoms with Crippen molar-refractivity contribution in [3.8, 4) is 0 Å². The molecule has 1 saturated heterocycles. The molecule has 1 N–H and O–H groups in total. The van der Waals surface area contributed by atoms with Gasteiger partial charge in [0, 0.05) is 46.5 Å². The van der Waals surface area contributed by atoms with Crippen LogP contribution in [-0.4, -0.2) is 39.5 Å². The number of fused-ring (bicyclic) bond motifs is 1. The predicted octanol–water partition coefficient (Wildman–Crippen LogP) is 5.25. The fraction of sp³-hybridized carbons (Fsp3) is 0.208. The lowest BCUT2D eigenvalue weighted by molar-refractivity contribution is -0.122. The third-order valence-electron chi connectivity index (χ3n) is 5.05. The summed E-state index contributed by atoms with van der Waals surface area (Å²) in [5.41, 5.74) is 2.51. The highest BCUT2D eigenvalue weighted by Gasteiger charge is 2.32. The smallest absolute Gasteiger partial charge is 0.266 e. The second-order valence-corrected chi connectivity index (χ2v) is 8.65. The summed E-state index contributed by atoms with van der Waals surface area (Å²) in [6, 6.07) is 14.9. The highest BCUT2D eigenvalue weighted by atomic mass is 35.5. The Morgan fingerprint density at radius 1 is 1.16 bits per heavy atom. The number of carbonyl (C=O) groups is 2. The van der Waals surface area contributed by atoms with Gasteiger partial charge < -0.3 is 9.88 Å². The molecule has 4 rings (SSSR count). The Morgan fingerprint density at radius 3 is 2.62 bits per heavy atom. The number of nitrogens with one attached hydrogen (secondary N) is 1. The van der Waals surface area contributed by atoms with E-state index in [2.05, 4.69) is 10.3 Å². The molecule has 1 aliphatic rings. The van der Waals surface area contributed by atoms with Crippen LogP contribution in [0.4, 0.5) is 5.69 Å². The summed E-state index contributed by atoms with van der Waals surface area (Å²) in [6.07, 6.45) is 3.81. The Labute approximate surface area is 195 Å². The number of hydrogen-bond acceptors (Lipinski definition) is 4. The van der Waals surface area contributed by atoms with E-state index in [1.54, 1.807) is 29.2 Å². The number of carbonyl (C=O) groups excluding carboxylic acids is 2. The first kappa shape index (κ1) is 22.2. The molecular formula is C24H23ClN4O2S. The van der Waals surface area contributed by atoms with Crippen molar-refractivity contribution < 1.29 is 9.59 Å². The number of benzene rings is 2. The van der Waals surface area contributed by atoms with E-state index in [1.807, 2.05) is 55.0 Å². The van der Waals surface area contributed by atoms with Crippen molar-refractivity contribution in [1.82, 2.24) is 9.47 Å². The van der Waals surface area contributed by atoms with Crippen molar-refractivity contribution in [3.05, 3.63) is 70.2 Å². The molecule has 0 aliphatic carbocycles. The number of rotatable bonds is 6. The van der Waals surface area contributed by atoms with E-state index in [0.717, 1.165) is 21.6 Å². The Bertz CT molecular complexity index is 1230. The number of amides is 2. The van der Waals surface area contributed by atoms with Crippen molar-refractivity contribution in [3.63, 3.8) is 0 Å². The van der Waals surface area contributed by atoms with Crippen LogP contribution >= 0.6 is 23.4 Å². The number of aliphatic imine (C=N–C) groups is 1. The van der Waals surface area contributed by atoms with Gasteiger partial charge in [0.1, 0.15) is 6.54 Å². The first-order chi connectivity index (χ1) is 15.5. The van der Waals surface area contributed by atoms with Gasteiger partial charge in [0.05, 0.1) is 4.91 Å². The second kappa shape index (κ2) is 9.63. The van der Waals surface area contributed by atoms with Crippen LogP contribution in [0.3, 0.4) is 0 Å². The number of nitrogens with zero attached hydrogens (tertiary/aromatic N) is 3. The molecule has 2 aromatic carbocycles. The van der Waals surface area contributed by atoms with Crippen LogP contribution in [0.2, 0.25) is 5.02 Å². The van der Waals surface area contributed by atoms with Gasteiger partial charge >= 0.3 is 0 Å². The maximum atomic E-state index is 12.8. The summed E-state index contributed by atoms with van der Waals surface area (Å²) >= 11 is 7.31. The highest BCUT2D eigenvalue weighted by Crippen LogP contribution is 2.34. The SMILES string of the molecule is CCN=C1S/C(=C/c2cn(CC(=O)Nc3ccc(Cl)cc3)c3ccccc23)C(=O)N1CC. The molecule has 6 nitrogen and oxygen atoms in total. The highest BCUT2D eigenvalue weighted by molar-refractivity contribution is 8.18. The van der Waals surface area contributed by atoms with Gasteiger partial charge in [-0.2, -0.15) is 0 Å². The molecule has 1 fully saturated rings. The van der Waals surface area contributed by atoms with Gasteiger partial charge in [-0.1, -0.05) is 29.8 Å². The van der Waals surface area contributed by atoms with Crippen molar-refractivity contribution in [2.75, 3.05) is 18.4 Å². The molecule has 2 heterocycles. The van der Waals surface area contributed by atoms with Crippen LogP contribution < -0.4 is 5.32 Å². The number of hydrogen-bond donors (Lipinski definition) is 1. The maximum absolute atomic E-state index is 12.8. The minimum atomic E-state index is -0.145. The van der Waals surface area contributed by atoms with Crippen LogP contribution in [0.15, 0.2) is 64.6 Å². The zero-order valence-corrected chi connectivity index (χ0v) is 19.4. The summed E-state index contributed by atoms with van der Waals surface area (Å²) < 4.78 is 1.90. The second-order valence-electron chi connectivity index (χ2n) is 7.20. The van der Waals surface area contributed by atoms with Crippen molar-refractivity contribution in [2.24, 2.45) is 4.99 Å². The number of aromatic nitrogens is 1. The number of amidine groups is 1. The molecule has 0 saturated carbocycles. The van der Waals surface area contributed by atoms with Crippen LogP contribution in [0, 0.1) is 0 Å². The van der Waals surface area contributed by atoms with Crippen LogP contribution in [0.1, 0.15) is 19.4 Å². The van der Waals surface area contributed by atoms with Crippen molar-refractivity contribution >= 4 is 63.0 Å². The topological polar surface area (TPSA) is 66.7 Å². The normalized spacial score (nSPS) is 16.5. The molecule has 8 heteroatoms. The molecule has 1 aliphatic heterocycles. The quantitative estimate of drug-likeness (QED) is 0.505. The van der Waals surface area contributed by atoms with Crippen LogP contribution in [0.25, 0.3) is 17.0 Å². The minimum absolute atomic E-state index is 0.0398. The summed E-state index contributed by atoms with van der Waals surface area (Å²) in [5.74, 6) is -0.185. The van der Waals surface area contributed by atoms with E-state index in [4.69, 9.17) is 11.6 Å². The summed E-state index contributed by atoms with van der Waals surface area (Å²) in [7, 11) is 0. The Balaban J connectivity index is 1.62. The van der Waals surface area contributed by atoms with E-state index in [1.165, 1.54) is 11.8 Å². The van der Waals surface area contributed by atoms with Gasteiger partial charge in [-0.3, -0.25) is 19.5 Å². The van der Waals surface area contributed by atoms with Crippen LogP contribution in [0.5, 0.6) is 0 Å². The third-order valence-corrected chi connectivity index (χ3v) is 6.34. The van der Waals surface area contributed by atoms with Gasteiger partial charge in [-0.15, -0.1) is 0 Å². The molecular weight excluding hydrogens is 444 g/mol. The first-order valence-corrected chi connectivity index (χ1v) is 11.6. The average Bonchev–Trinajstić information content (AvgIpc) is 3.27. The van der Waals surface area contributed by atoms with Gasteiger partial charge in [0.15, 0.2) is 5.17 Å². The lowest BCUT2D eigenvalue weighted by Crippen LogP contribution is -2.28. The predicted molar refractivity (Wildman–Crippen MR) is 133 cm³/mol. The number of para-hydroxylation sites is 1. The van der Waals surface area contributed by atoms with Crippen LogP contribution in [-0.2, 0) is 16.1 Å². The number of halogens is 1. The Kier molecular flexibility index (Phi) is 6.67. The zero-order chi connectivity index (χ0) is 22.7. The fourth-order valence-electron chi connectivity index (χ4n) is 3.59. The Morgan fingerprint density at radius 2 is 1.91 bits per heavy atom. The molecule has 164 valence electrons. The summed E-state index contributed by atoms with van der Waals surface area (Å²) in [6.45, 7) is 5.25. The van der Waals surface area contributed by atoms with Gasteiger partial charge in [-0.25, -0.2) is 0 Å².